The van der Waals surface area contributed by atoms with Gasteiger partial charge in [-0.15, -0.1) is 0 Å². The Bertz CT molecular complexity index is 1240. The molecule has 2 heterocycles. The zero-order chi connectivity index (χ0) is 18.2. The Hall–Kier alpha value is -3.60. The molecule has 0 saturated heterocycles. The number of ether oxygens (including phenoxy) is 1. The fourth-order valence-corrected chi connectivity index (χ4v) is 3.45. The minimum atomic E-state index is 0.601. The molecule has 0 amide bonds. The lowest BCUT2D eigenvalue weighted by Crippen LogP contribution is -2.03. The van der Waals surface area contributed by atoms with Crippen LogP contribution in [0.15, 0.2) is 66.7 Å². The van der Waals surface area contributed by atoms with Crippen molar-refractivity contribution in [3.8, 4) is 5.75 Å². The van der Waals surface area contributed by atoms with Crippen LogP contribution >= 0.6 is 0 Å². The van der Waals surface area contributed by atoms with Crippen molar-refractivity contribution >= 4 is 38.5 Å². The second kappa shape index (κ2) is 6.29. The van der Waals surface area contributed by atoms with E-state index >= 15 is 0 Å². The van der Waals surface area contributed by atoms with E-state index in [1.54, 1.807) is 7.11 Å². The third kappa shape index (κ3) is 2.73. The second-order valence-electron chi connectivity index (χ2n) is 6.44. The highest BCUT2D eigenvalue weighted by Gasteiger charge is 2.11. The Morgan fingerprint density at radius 2 is 1.63 bits per heavy atom. The number of H-pyrrole nitrogens is 1. The minimum Gasteiger partial charge on any atom is -0.497 e. The molecule has 132 valence electrons. The number of aromatic amines is 1. The summed E-state index contributed by atoms with van der Waals surface area (Å²) >= 11 is 0. The van der Waals surface area contributed by atoms with Gasteiger partial charge in [-0.25, -0.2) is 9.97 Å². The topological polar surface area (TPSA) is 62.8 Å². The van der Waals surface area contributed by atoms with Crippen LogP contribution in [0, 0.1) is 0 Å². The van der Waals surface area contributed by atoms with E-state index in [4.69, 9.17) is 9.72 Å². The molecule has 0 spiro atoms. The molecule has 0 aliphatic carbocycles. The zero-order valence-electron chi connectivity index (χ0n) is 14.9. The van der Waals surface area contributed by atoms with E-state index in [1.807, 2.05) is 54.6 Å². The number of anilines is 1. The summed E-state index contributed by atoms with van der Waals surface area (Å²) in [6.45, 7) is 0.601. The quantitative estimate of drug-likeness (QED) is 0.451. The Balaban J connectivity index is 1.60. The molecule has 5 rings (SSSR count). The standard InChI is InChI=1S/C22H18N4O/c1-27-14-10-11-16-20(12-14)24-17-7-3-2-6-15(17)22(16)23-13-21-25-18-8-4-5-9-19(18)26-21/h2-12H,13H2,1H3,(H,23,24)(H,25,26). The molecule has 0 aliphatic rings. The molecule has 5 aromatic rings. The van der Waals surface area contributed by atoms with Crippen molar-refractivity contribution < 1.29 is 4.74 Å². The van der Waals surface area contributed by atoms with Crippen molar-refractivity contribution in [2.75, 3.05) is 12.4 Å². The first kappa shape index (κ1) is 15.6. The van der Waals surface area contributed by atoms with E-state index in [9.17, 15) is 0 Å². The van der Waals surface area contributed by atoms with E-state index in [1.165, 1.54) is 0 Å². The lowest BCUT2D eigenvalue weighted by molar-refractivity contribution is 0.415. The van der Waals surface area contributed by atoms with Gasteiger partial charge in [0.15, 0.2) is 0 Å². The first-order valence-corrected chi connectivity index (χ1v) is 8.86. The van der Waals surface area contributed by atoms with Crippen LogP contribution in [0.2, 0.25) is 0 Å². The number of para-hydroxylation sites is 3. The first-order chi connectivity index (χ1) is 13.3. The Morgan fingerprint density at radius 1 is 0.852 bits per heavy atom. The molecule has 0 radical (unpaired) electrons. The largest absolute Gasteiger partial charge is 0.497 e. The van der Waals surface area contributed by atoms with E-state index in [0.29, 0.717) is 6.54 Å². The van der Waals surface area contributed by atoms with Crippen LogP contribution in [-0.2, 0) is 6.54 Å². The van der Waals surface area contributed by atoms with Gasteiger partial charge >= 0.3 is 0 Å². The summed E-state index contributed by atoms with van der Waals surface area (Å²) in [5.41, 5.74) is 4.93. The number of nitrogens with zero attached hydrogens (tertiary/aromatic N) is 2. The predicted octanol–water partition coefficient (Wildman–Crippen LogP) is 4.89. The third-order valence-electron chi connectivity index (χ3n) is 4.76. The van der Waals surface area contributed by atoms with Gasteiger partial charge < -0.3 is 15.0 Å². The van der Waals surface area contributed by atoms with Gasteiger partial charge in [0.1, 0.15) is 11.6 Å². The predicted molar refractivity (Wildman–Crippen MR) is 109 cm³/mol. The van der Waals surface area contributed by atoms with Crippen LogP contribution in [0.5, 0.6) is 5.75 Å². The number of imidazole rings is 1. The SMILES string of the molecule is COc1ccc2c(NCc3nc4ccccc4[nH]3)c3ccccc3nc2c1. The lowest BCUT2D eigenvalue weighted by Gasteiger charge is -2.13. The maximum Gasteiger partial charge on any atom is 0.126 e. The Kier molecular flexibility index (Phi) is 3.64. The number of pyridine rings is 1. The number of rotatable bonds is 4. The molecule has 0 saturated carbocycles. The molecule has 2 aromatic heterocycles. The molecule has 0 fully saturated rings. The summed E-state index contributed by atoms with van der Waals surface area (Å²) in [7, 11) is 1.67. The van der Waals surface area contributed by atoms with Crippen LogP contribution in [-0.4, -0.2) is 22.1 Å². The number of benzene rings is 3. The number of methoxy groups -OCH3 is 1. The smallest absolute Gasteiger partial charge is 0.126 e. The van der Waals surface area contributed by atoms with E-state index < -0.39 is 0 Å². The van der Waals surface area contributed by atoms with Gasteiger partial charge in [0, 0.05) is 16.8 Å². The highest BCUT2D eigenvalue weighted by molar-refractivity contribution is 6.07. The van der Waals surface area contributed by atoms with E-state index in [2.05, 4.69) is 27.4 Å². The third-order valence-corrected chi connectivity index (χ3v) is 4.76. The zero-order valence-corrected chi connectivity index (χ0v) is 14.9. The summed E-state index contributed by atoms with van der Waals surface area (Å²) in [6.07, 6.45) is 0. The van der Waals surface area contributed by atoms with Gasteiger partial charge in [-0.3, -0.25) is 0 Å². The maximum atomic E-state index is 5.36. The van der Waals surface area contributed by atoms with Gasteiger partial charge in [0.25, 0.3) is 0 Å². The van der Waals surface area contributed by atoms with E-state index in [-0.39, 0.29) is 0 Å². The molecule has 0 atom stereocenters. The van der Waals surface area contributed by atoms with Crippen molar-refractivity contribution in [3.63, 3.8) is 0 Å². The molecule has 0 unspecified atom stereocenters. The molecule has 3 aromatic carbocycles. The van der Waals surface area contributed by atoms with E-state index in [0.717, 1.165) is 50.1 Å². The van der Waals surface area contributed by atoms with Crippen molar-refractivity contribution in [2.45, 2.75) is 6.54 Å². The molecular formula is C22H18N4O. The van der Waals surface area contributed by atoms with Crippen LogP contribution in [0.1, 0.15) is 5.82 Å². The van der Waals surface area contributed by atoms with Crippen LogP contribution in [0.3, 0.4) is 0 Å². The summed E-state index contributed by atoms with van der Waals surface area (Å²) in [6, 6.07) is 22.2. The van der Waals surface area contributed by atoms with Crippen molar-refractivity contribution in [1.29, 1.82) is 0 Å². The molecule has 0 aliphatic heterocycles. The average Bonchev–Trinajstić information content (AvgIpc) is 3.13. The summed E-state index contributed by atoms with van der Waals surface area (Å²) in [5.74, 6) is 1.70. The molecule has 5 heteroatoms. The fourth-order valence-electron chi connectivity index (χ4n) is 3.45. The first-order valence-electron chi connectivity index (χ1n) is 8.86. The van der Waals surface area contributed by atoms with Crippen molar-refractivity contribution in [1.82, 2.24) is 15.0 Å². The minimum absolute atomic E-state index is 0.601. The Morgan fingerprint density at radius 3 is 2.48 bits per heavy atom. The number of hydrogen-bond donors (Lipinski definition) is 2. The van der Waals surface area contributed by atoms with Gasteiger partial charge in [0.2, 0.25) is 0 Å². The summed E-state index contributed by atoms with van der Waals surface area (Å²) in [4.78, 5) is 12.8. The van der Waals surface area contributed by atoms with Gasteiger partial charge in [-0.1, -0.05) is 30.3 Å². The average molecular weight is 354 g/mol. The van der Waals surface area contributed by atoms with Crippen molar-refractivity contribution in [2.24, 2.45) is 0 Å². The number of nitrogens with one attached hydrogen (secondary N) is 2. The molecule has 0 bridgehead atoms. The van der Waals surface area contributed by atoms with Crippen LogP contribution < -0.4 is 10.1 Å². The second-order valence-corrected chi connectivity index (χ2v) is 6.44. The van der Waals surface area contributed by atoms with Crippen molar-refractivity contribution in [3.05, 3.63) is 72.6 Å². The summed E-state index contributed by atoms with van der Waals surface area (Å²) < 4.78 is 5.36. The summed E-state index contributed by atoms with van der Waals surface area (Å²) in [5, 5.41) is 5.72. The lowest BCUT2D eigenvalue weighted by atomic mass is 10.1. The maximum absolute atomic E-state index is 5.36. The number of hydrogen-bond acceptors (Lipinski definition) is 4. The highest BCUT2D eigenvalue weighted by atomic mass is 16.5. The monoisotopic (exact) mass is 354 g/mol. The fraction of sp³-hybridized carbons (Fsp3) is 0.0909. The molecule has 27 heavy (non-hydrogen) atoms. The highest BCUT2D eigenvalue weighted by Crippen LogP contribution is 2.32. The van der Waals surface area contributed by atoms with Gasteiger partial charge in [-0.05, 0) is 30.3 Å². The number of fused-ring (bicyclic) bond motifs is 3. The molecule has 5 nitrogen and oxygen atoms in total. The van der Waals surface area contributed by atoms with Crippen LogP contribution in [0.25, 0.3) is 32.8 Å². The van der Waals surface area contributed by atoms with Gasteiger partial charge in [0.05, 0.1) is 41.4 Å². The normalized spacial score (nSPS) is 11.3. The molecular weight excluding hydrogens is 336 g/mol. The van der Waals surface area contributed by atoms with Crippen LogP contribution in [0.4, 0.5) is 5.69 Å². The number of aromatic nitrogens is 3. The Labute approximate surface area is 156 Å². The molecule has 2 N–H and O–H groups in total. The van der Waals surface area contributed by atoms with Gasteiger partial charge in [-0.2, -0.15) is 0 Å².